The Kier molecular flexibility index (Phi) is 2.55. The van der Waals surface area contributed by atoms with E-state index in [0.717, 1.165) is 6.42 Å². The van der Waals surface area contributed by atoms with E-state index in [1.807, 2.05) is 0 Å². The molecule has 0 aliphatic rings. The van der Waals surface area contributed by atoms with Crippen molar-refractivity contribution in [2.24, 2.45) is 0 Å². The fourth-order valence-electron chi connectivity index (χ4n) is 1.77. The first-order valence-electron chi connectivity index (χ1n) is 5.15. The minimum absolute atomic E-state index is 0.647. The molecule has 1 aromatic carbocycles. The van der Waals surface area contributed by atoms with Gasteiger partial charge in [0.2, 0.25) is 0 Å². The fourth-order valence-corrected chi connectivity index (χ4v) is 1.77. The van der Waals surface area contributed by atoms with Gasteiger partial charge in [-0.05, 0) is 18.6 Å². The molecule has 0 bridgehead atoms. The molecule has 0 aliphatic carbocycles. The third-order valence-electron chi connectivity index (χ3n) is 2.79. The van der Waals surface area contributed by atoms with E-state index in [2.05, 4.69) is 54.7 Å². The molecule has 3 N–H and O–H groups in total. The highest BCUT2D eigenvalue weighted by Gasteiger charge is 2.07. The molecule has 1 atom stereocenters. The summed E-state index contributed by atoms with van der Waals surface area (Å²) in [5, 5.41) is 3.61. The minimum Gasteiger partial charge on any atom is -0.361 e. The first-order chi connectivity index (χ1) is 6.81. The average Bonchev–Trinajstić information content (AvgIpc) is 2.62. The van der Waals surface area contributed by atoms with Gasteiger partial charge < -0.3 is 10.3 Å². The van der Waals surface area contributed by atoms with Crippen LogP contribution in [-0.4, -0.2) is 18.1 Å². The van der Waals surface area contributed by atoms with Crippen molar-refractivity contribution in [1.82, 2.24) is 4.98 Å². The maximum atomic E-state index is 3.30. The molecular weight excluding hydrogens is 172 g/mol. The number of hydrogen-bond donors (Lipinski definition) is 2. The maximum Gasteiger partial charge on any atom is 0.0870 e. The van der Waals surface area contributed by atoms with E-state index in [-0.39, 0.29) is 0 Å². The summed E-state index contributed by atoms with van der Waals surface area (Å²) >= 11 is 0. The van der Waals surface area contributed by atoms with Gasteiger partial charge in [0.1, 0.15) is 0 Å². The topological polar surface area (TPSA) is 32.4 Å². The number of fused-ring (bicyclic) bond motifs is 1. The molecular formula is C12H17N2+. The second kappa shape index (κ2) is 3.84. The Bertz CT molecular complexity index is 417. The highest BCUT2D eigenvalue weighted by atomic mass is 14.8. The average molecular weight is 189 g/mol. The van der Waals surface area contributed by atoms with Crippen LogP contribution < -0.4 is 5.32 Å². The van der Waals surface area contributed by atoms with Crippen LogP contribution in [0.5, 0.6) is 0 Å². The van der Waals surface area contributed by atoms with Gasteiger partial charge >= 0.3 is 0 Å². The van der Waals surface area contributed by atoms with Crippen LogP contribution in [-0.2, 0) is 6.42 Å². The molecule has 0 unspecified atom stereocenters. The molecule has 0 saturated heterocycles. The lowest BCUT2D eigenvalue weighted by Gasteiger charge is -2.05. The van der Waals surface area contributed by atoms with E-state index in [1.165, 1.54) is 16.5 Å². The van der Waals surface area contributed by atoms with E-state index in [1.54, 1.807) is 0 Å². The first-order valence-corrected chi connectivity index (χ1v) is 5.15. The van der Waals surface area contributed by atoms with E-state index in [4.69, 9.17) is 0 Å². The number of quaternary nitrogens is 1. The van der Waals surface area contributed by atoms with Gasteiger partial charge in [0.15, 0.2) is 0 Å². The standard InChI is InChI=1S/C12H16N2/c1-9(13-2)7-10-8-14-12-6-4-3-5-11(10)12/h3-6,8-9,13-14H,7H2,1-2H3/p+1/t9-/m0/s1. The van der Waals surface area contributed by atoms with Crippen LogP contribution in [0.3, 0.4) is 0 Å². The zero-order valence-electron chi connectivity index (χ0n) is 8.75. The van der Waals surface area contributed by atoms with Gasteiger partial charge in [-0.25, -0.2) is 0 Å². The van der Waals surface area contributed by atoms with Crippen LogP contribution in [0, 0.1) is 0 Å². The zero-order valence-corrected chi connectivity index (χ0v) is 8.75. The van der Waals surface area contributed by atoms with E-state index < -0.39 is 0 Å². The Hall–Kier alpha value is -1.28. The SMILES string of the molecule is C[NH2+][C@@H](C)Cc1c[nH]c2ccccc12. The molecule has 14 heavy (non-hydrogen) atoms. The molecule has 0 amide bonds. The fraction of sp³-hybridized carbons (Fsp3) is 0.333. The highest BCUT2D eigenvalue weighted by molar-refractivity contribution is 5.83. The minimum atomic E-state index is 0.647. The highest BCUT2D eigenvalue weighted by Crippen LogP contribution is 2.18. The Balaban J connectivity index is 2.33. The van der Waals surface area contributed by atoms with E-state index in [9.17, 15) is 0 Å². The summed E-state index contributed by atoms with van der Waals surface area (Å²) in [5.41, 5.74) is 2.66. The van der Waals surface area contributed by atoms with Gasteiger partial charge in [0, 0.05) is 23.5 Å². The molecule has 2 heteroatoms. The number of rotatable bonds is 3. The number of benzene rings is 1. The molecule has 1 aromatic heterocycles. The molecule has 0 saturated carbocycles. The second-order valence-corrected chi connectivity index (χ2v) is 3.87. The van der Waals surface area contributed by atoms with Gasteiger partial charge in [-0.3, -0.25) is 0 Å². The number of hydrogen-bond acceptors (Lipinski definition) is 0. The lowest BCUT2D eigenvalue weighted by molar-refractivity contribution is -0.659. The Morgan fingerprint density at radius 2 is 2.14 bits per heavy atom. The predicted octanol–water partition coefficient (Wildman–Crippen LogP) is 1.29. The molecule has 2 aromatic rings. The number of H-pyrrole nitrogens is 1. The summed E-state index contributed by atoms with van der Waals surface area (Å²) in [6.45, 7) is 2.25. The van der Waals surface area contributed by atoms with Crippen LogP contribution in [0.15, 0.2) is 30.5 Å². The molecule has 2 rings (SSSR count). The number of likely N-dealkylation sites (N-methyl/N-ethyl adjacent to an activating group) is 1. The number of aromatic amines is 1. The number of aromatic nitrogens is 1. The van der Waals surface area contributed by atoms with Crippen LogP contribution >= 0.6 is 0 Å². The number of nitrogens with one attached hydrogen (secondary N) is 1. The van der Waals surface area contributed by atoms with Crippen molar-refractivity contribution < 1.29 is 5.32 Å². The van der Waals surface area contributed by atoms with Gasteiger partial charge in [0.25, 0.3) is 0 Å². The molecule has 0 spiro atoms. The lowest BCUT2D eigenvalue weighted by Crippen LogP contribution is -2.85. The van der Waals surface area contributed by atoms with Gasteiger partial charge in [-0.2, -0.15) is 0 Å². The largest absolute Gasteiger partial charge is 0.361 e. The van der Waals surface area contributed by atoms with Crippen LogP contribution in [0.2, 0.25) is 0 Å². The zero-order chi connectivity index (χ0) is 9.97. The summed E-state index contributed by atoms with van der Waals surface area (Å²) in [5.74, 6) is 0. The van der Waals surface area contributed by atoms with Crippen molar-refractivity contribution >= 4 is 10.9 Å². The van der Waals surface area contributed by atoms with Gasteiger partial charge in [-0.15, -0.1) is 0 Å². The molecule has 2 nitrogen and oxygen atoms in total. The van der Waals surface area contributed by atoms with Crippen molar-refractivity contribution in [3.8, 4) is 0 Å². The van der Waals surface area contributed by atoms with Crippen LogP contribution in [0.1, 0.15) is 12.5 Å². The molecule has 1 heterocycles. The molecule has 0 radical (unpaired) electrons. The van der Waals surface area contributed by atoms with Crippen molar-refractivity contribution in [3.05, 3.63) is 36.0 Å². The van der Waals surface area contributed by atoms with Gasteiger partial charge in [-0.1, -0.05) is 18.2 Å². The van der Waals surface area contributed by atoms with Crippen molar-refractivity contribution in [3.63, 3.8) is 0 Å². The third kappa shape index (κ3) is 1.66. The summed E-state index contributed by atoms with van der Waals surface area (Å²) in [7, 11) is 2.12. The third-order valence-corrected chi connectivity index (χ3v) is 2.79. The predicted molar refractivity (Wildman–Crippen MR) is 59.3 cm³/mol. The monoisotopic (exact) mass is 189 g/mol. The van der Waals surface area contributed by atoms with Gasteiger partial charge in [0.05, 0.1) is 13.1 Å². The lowest BCUT2D eigenvalue weighted by atomic mass is 10.1. The maximum absolute atomic E-state index is 3.30. The second-order valence-electron chi connectivity index (χ2n) is 3.87. The van der Waals surface area contributed by atoms with E-state index in [0.29, 0.717) is 6.04 Å². The quantitative estimate of drug-likeness (QED) is 0.729. The Labute approximate surface area is 84.3 Å². The first kappa shape index (κ1) is 9.28. The Morgan fingerprint density at radius 3 is 2.93 bits per heavy atom. The van der Waals surface area contributed by atoms with Crippen molar-refractivity contribution in [1.29, 1.82) is 0 Å². The molecule has 74 valence electrons. The molecule has 0 aliphatic heterocycles. The number of nitrogens with two attached hydrogens (primary N) is 1. The van der Waals surface area contributed by atoms with Crippen LogP contribution in [0.25, 0.3) is 10.9 Å². The summed E-state index contributed by atoms with van der Waals surface area (Å²) in [6.07, 6.45) is 3.26. The smallest absolute Gasteiger partial charge is 0.0870 e. The number of para-hydroxylation sites is 1. The summed E-state index contributed by atoms with van der Waals surface area (Å²) in [6, 6.07) is 9.12. The van der Waals surface area contributed by atoms with Crippen molar-refractivity contribution in [2.45, 2.75) is 19.4 Å². The summed E-state index contributed by atoms with van der Waals surface area (Å²) in [4.78, 5) is 3.30. The Morgan fingerprint density at radius 1 is 1.36 bits per heavy atom. The normalized spacial score (nSPS) is 13.3. The molecule has 0 fully saturated rings. The van der Waals surface area contributed by atoms with Crippen molar-refractivity contribution in [2.75, 3.05) is 7.05 Å². The van der Waals surface area contributed by atoms with Crippen LogP contribution in [0.4, 0.5) is 0 Å². The van der Waals surface area contributed by atoms with E-state index >= 15 is 0 Å². The summed E-state index contributed by atoms with van der Waals surface area (Å²) < 4.78 is 0.